The Balaban J connectivity index is 0. The van der Waals surface area contributed by atoms with Crippen LogP contribution in [-0.4, -0.2) is 92.7 Å². The number of hydrogen-bond donors (Lipinski definition) is 0. The van der Waals surface area contributed by atoms with Crippen LogP contribution in [0.3, 0.4) is 0 Å². The van der Waals surface area contributed by atoms with Gasteiger partial charge in [-0.25, -0.2) is 0 Å². The van der Waals surface area contributed by atoms with Crippen molar-refractivity contribution in [1.29, 1.82) is 0 Å². The summed E-state index contributed by atoms with van der Waals surface area (Å²) in [5.74, 6) is 2.83. The maximum Gasteiger partial charge on any atom is 0.154 e. The van der Waals surface area contributed by atoms with E-state index in [0.29, 0.717) is 33.2 Å². The van der Waals surface area contributed by atoms with E-state index in [9.17, 15) is 0 Å². The van der Waals surface area contributed by atoms with Crippen LogP contribution in [0.5, 0.6) is 0 Å². The lowest BCUT2D eigenvalue weighted by Crippen LogP contribution is -2.06. The van der Waals surface area contributed by atoms with Crippen LogP contribution in [-0.2, 0) is 33.2 Å². The highest BCUT2D eigenvalue weighted by atomic mass is 32.2. The van der Waals surface area contributed by atoms with Gasteiger partial charge in [0.1, 0.15) is 6.79 Å². The molecule has 2 rings (SSSR count). The van der Waals surface area contributed by atoms with Gasteiger partial charge in [0.25, 0.3) is 0 Å². The molecule has 0 N–H and O–H groups in total. The van der Waals surface area contributed by atoms with Gasteiger partial charge in [-0.05, 0) is 31.3 Å². The van der Waals surface area contributed by atoms with Crippen molar-refractivity contribution in [3.05, 3.63) is 0 Å². The van der Waals surface area contributed by atoms with E-state index in [1.807, 2.05) is 6.92 Å². The summed E-state index contributed by atoms with van der Waals surface area (Å²) in [5.41, 5.74) is 0. The van der Waals surface area contributed by atoms with Crippen LogP contribution in [0.4, 0.5) is 0 Å². The molecule has 0 unspecified atom stereocenters. The molecule has 0 radical (unpaired) electrons. The monoisotopic (exact) mass is 386 g/mol. The summed E-state index contributed by atoms with van der Waals surface area (Å²) < 4.78 is 33.4. The normalized spacial score (nSPS) is 15.6. The fourth-order valence-corrected chi connectivity index (χ4v) is 2.31. The summed E-state index contributed by atoms with van der Waals surface area (Å²) in [6, 6.07) is 0. The molecule has 0 amide bonds. The minimum atomic E-state index is -0.0648. The van der Waals surface area contributed by atoms with Crippen molar-refractivity contribution in [3.63, 3.8) is 0 Å². The number of thioether (sulfide) groups is 1. The number of hydrogen-bond acceptors (Lipinski definition) is 8. The molecule has 2 fully saturated rings. The van der Waals surface area contributed by atoms with Gasteiger partial charge in [-0.15, -0.1) is 0 Å². The lowest BCUT2D eigenvalue weighted by atomic mass is 10.4. The SMILES string of the molecule is C1CCSC1.C1COCO1.COC(C)OC.COCCOCCOC. The molecule has 8 heteroatoms. The fraction of sp³-hybridized carbons (Fsp3) is 1.00. The van der Waals surface area contributed by atoms with Crippen molar-refractivity contribution in [2.75, 3.05) is 86.4 Å². The summed E-state index contributed by atoms with van der Waals surface area (Å²) in [6.45, 7) is 6.51. The average molecular weight is 387 g/mol. The maximum atomic E-state index is 5.06. The minimum absolute atomic E-state index is 0.0648. The summed E-state index contributed by atoms with van der Waals surface area (Å²) in [6.07, 6.45) is 2.86. The van der Waals surface area contributed by atoms with Crippen molar-refractivity contribution in [2.45, 2.75) is 26.1 Å². The third-order valence-electron chi connectivity index (χ3n) is 2.89. The maximum absolute atomic E-state index is 5.06. The molecule has 0 aromatic carbocycles. The van der Waals surface area contributed by atoms with E-state index >= 15 is 0 Å². The van der Waals surface area contributed by atoms with Gasteiger partial charge in [-0.3, -0.25) is 0 Å². The zero-order valence-corrected chi connectivity index (χ0v) is 17.4. The van der Waals surface area contributed by atoms with Crippen molar-refractivity contribution in [3.8, 4) is 0 Å². The lowest BCUT2D eigenvalue weighted by Gasteiger charge is -2.03. The molecule has 25 heavy (non-hydrogen) atoms. The highest BCUT2D eigenvalue weighted by Crippen LogP contribution is 2.14. The molecule has 0 saturated carbocycles. The lowest BCUT2D eigenvalue weighted by molar-refractivity contribution is -0.0877. The second kappa shape index (κ2) is 26.3. The van der Waals surface area contributed by atoms with Gasteiger partial charge in [-0.1, -0.05) is 0 Å². The smallest absolute Gasteiger partial charge is 0.154 e. The van der Waals surface area contributed by atoms with Gasteiger partial charge >= 0.3 is 0 Å². The molecular formula is C17H38O7S. The zero-order valence-electron chi connectivity index (χ0n) is 16.6. The zero-order chi connectivity index (χ0) is 19.0. The Morgan fingerprint density at radius 1 is 0.800 bits per heavy atom. The first-order valence-corrected chi connectivity index (χ1v) is 9.72. The van der Waals surface area contributed by atoms with E-state index in [-0.39, 0.29) is 6.29 Å². The van der Waals surface area contributed by atoms with Crippen LogP contribution in [0.15, 0.2) is 0 Å². The van der Waals surface area contributed by atoms with Gasteiger partial charge < -0.3 is 33.2 Å². The van der Waals surface area contributed by atoms with Crippen molar-refractivity contribution in [2.24, 2.45) is 0 Å². The molecule has 2 aliphatic heterocycles. The quantitative estimate of drug-likeness (QED) is 0.465. The number of ether oxygens (including phenoxy) is 7. The molecule has 0 atom stereocenters. The average Bonchev–Trinajstić information content (AvgIpc) is 3.40. The van der Waals surface area contributed by atoms with Crippen LogP contribution < -0.4 is 0 Å². The predicted octanol–water partition coefficient (Wildman–Crippen LogP) is 2.43. The van der Waals surface area contributed by atoms with Crippen LogP contribution in [0.25, 0.3) is 0 Å². The number of rotatable bonds is 8. The van der Waals surface area contributed by atoms with Gasteiger partial charge in [0.2, 0.25) is 0 Å². The van der Waals surface area contributed by atoms with Crippen molar-refractivity contribution < 1.29 is 33.2 Å². The molecule has 0 spiro atoms. The molecular weight excluding hydrogens is 348 g/mol. The Kier molecular flexibility index (Phi) is 28.7. The summed E-state index contributed by atoms with van der Waals surface area (Å²) in [7, 11) is 6.52. The van der Waals surface area contributed by atoms with Gasteiger partial charge in [0.05, 0.1) is 39.6 Å². The van der Waals surface area contributed by atoms with Crippen LogP contribution in [0.2, 0.25) is 0 Å². The first-order chi connectivity index (χ1) is 12.2. The van der Waals surface area contributed by atoms with Gasteiger partial charge in [0.15, 0.2) is 6.29 Å². The Morgan fingerprint density at radius 2 is 1.28 bits per heavy atom. The summed E-state index contributed by atoms with van der Waals surface area (Å²) >= 11 is 2.07. The molecule has 0 aromatic rings. The Morgan fingerprint density at radius 3 is 1.48 bits per heavy atom. The predicted molar refractivity (Wildman–Crippen MR) is 101 cm³/mol. The molecule has 0 aliphatic carbocycles. The molecule has 0 aromatic heterocycles. The topological polar surface area (TPSA) is 64.6 Å². The Labute approximate surface area is 158 Å². The van der Waals surface area contributed by atoms with E-state index in [1.165, 1.54) is 24.3 Å². The van der Waals surface area contributed by atoms with Crippen LogP contribution in [0.1, 0.15) is 19.8 Å². The largest absolute Gasteiger partial charge is 0.382 e. The van der Waals surface area contributed by atoms with Crippen molar-refractivity contribution in [1.82, 2.24) is 0 Å². The van der Waals surface area contributed by atoms with Gasteiger partial charge in [0, 0.05) is 28.4 Å². The van der Waals surface area contributed by atoms with E-state index in [2.05, 4.69) is 21.2 Å². The molecule has 7 nitrogen and oxygen atoms in total. The molecule has 0 bridgehead atoms. The van der Waals surface area contributed by atoms with E-state index < -0.39 is 0 Å². The Hall–Kier alpha value is 0.0700. The highest BCUT2D eigenvalue weighted by molar-refractivity contribution is 7.99. The molecule has 2 saturated heterocycles. The summed E-state index contributed by atoms with van der Waals surface area (Å²) in [5, 5.41) is 0. The van der Waals surface area contributed by atoms with E-state index in [0.717, 1.165) is 13.2 Å². The van der Waals surface area contributed by atoms with E-state index in [4.69, 9.17) is 23.7 Å². The third-order valence-corrected chi connectivity index (χ3v) is 4.05. The Bertz CT molecular complexity index is 180. The first kappa shape index (κ1) is 27.3. The van der Waals surface area contributed by atoms with Crippen LogP contribution in [0, 0.1) is 0 Å². The fourth-order valence-electron chi connectivity index (χ4n) is 1.29. The second-order valence-corrected chi connectivity index (χ2v) is 6.12. The third kappa shape index (κ3) is 29.1. The van der Waals surface area contributed by atoms with Gasteiger partial charge in [-0.2, -0.15) is 11.8 Å². The van der Waals surface area contributed by atoms with Crippen molar-refractivity contribution >= 4 is 11.8 Å². The summed E-state index contributed by atoms with van der Waals surface area (Å²) in [4.78, 5) is 0. The van der Waals surface area contributed by atoms with E-state index in [1.54, 1.807) is 28.4 Å². The molecule has 2 aliphatic rings. The molecule has 2 heterocycles. The standard InChI is InChI=1S/C6H14O3.C4H10O2.C4H8S.C3H6O2/c1-7-3-5-9-6-4-8-2;1-4(5-2)6-3;1-2-4-5-3-1;1-2-5-3-4-1/h3-6H2,1-2H3;4H,1-3H3;1-4H2;1-3H2. The second-order valence-electron chi connectivity index (χ2n) is 4.89. The first-order valence-electron chi connectivity index (χ1n) is 8.57. The van der Waals surface area contributed by atoms with Crippen LogP contribution >= 0.6 is 11.8 Å². The molecule has 154 valence electrons. The minimum Gasteiger partial charge on any atom is -0.382 e. The number of methoxy groups -OCH3 is 4. The highest BCUT2D eigenvalue weighted by Gasteiger charge is 1.95.